The average Bonchev–Trinajstić information content (AvgIpc) is 2.55. The molecular formula is C14H22O3Si. The van der Waals surface area contributed by atoms with Gasteiger partial charge in [-0.25, -0.2) is 0 Å². The van der Waals surface area contributed by atoms with Gasteiger partial charge in [0.25, 0.3) is 0 Å². The Kier molecular flexibility index (Phi) is 3.40. The van der Waals surface area contributed by atoms with Crippen LogP contribution in [0.5, 0.6) is 0 Å². The quantitative estimate of drug-likeness (QED) is 0.658. The van der Waals surface area contributed by atoms with E-state index in [4.69, 9.17) is 0 Å². The smallest absolute Gasteiger partial charge is 0.130 e. The lowest BCUT2D eigenvalue weighted by atomic mass is 10.2. The third-order valence-corrected chi connectivity index (χ3v) is 10.8. The second kappa shape index (κ2) is 4.45. The zero-order valence-electron chi connectivity index (χ0n) is 11.2. The standard InChI is InChI=1S/C14H22O3Si/c1-14(2,3)18(10-7-5-4-6-8-10)9-11(15)12(16)13(18)17/h4-8,11-13,15-17H,9H2,1-3H3/t11-,12-,13-,18-/m1/s1. The van der Waals surface area contributed by atoms with Crippen LogP contribution in [0.15, 0.2) is 30.3 Å². The van der Waals surface area contributed by atoms with Gasteiger partial charge in [-0.2, -0.15) is 0 Å². The number of rotatable bonds is 1. The second-order valence-electron chi connectivity index (χ2n) is 6.29. The predicted octanol–water partition coefficient (Wildman–Crippen LogP) is 0.778. The van der Waals surface area contributed by atoms with E-state index >= 15 is 0 Å². The maximum Gasteiger partial charge on any atom is 0.130 e. The van der Waals surface area contributed by atoms with Gasteiger partial charge in [0.05, 0.1) is 11.8 Å². The molecule has 2 rings (SSSR count). The van der Waals surface area contributed by atoms with Crippen LogP contribution < -0.4 is 5.19 Å². The molecule has 1 aromatic carbocycles. The molecule has 1 fully saturated rings. The van der Waals surface area contributed by atoms with E-state index < -0.39 is 26.0 Å². The molecule has 1 saturated heterocycles. The summed E-state index contributed by atoms with van der Waals surface area (Å²) in [5.41, 5.74) is -0.810. The first-order chi connectivity index (χ1) is 8.30. The molecule has 0 bridgehead atoms. The molecule has 1 aliphatic heterocycles. The summed E-state index contributed by atoms with van der Waals surface area (Å²) in [6.07, 6.45) is -1.83. The van der Waals surface area contributed by atoms with E-state index in [0.717, 1.165) is 5.19 Å². The Balaban J connectivity index is 2.57. The largest absolute Gasteiger partial charge is 0.393 e. The van der Waals surface area contributed by atoms with Gasteiger partial charge in [0.15, 0.2) is 0 Å². The highest BCUT2D eigenvalue weighted by molar-refractivity contribution is 6.96. The highest BCUT2D eigenvalue weighted by Gasteiger charge is 2.60. The molecule has 1 aliphatic rings. The molecule has 0 aromatic heterocycles. The maximum absolute atomic E-state index is 10.5. The van der Waals surface area contributed by atoms with E-state index in [1.165, 1.54) is 0 Å². The first kappa shape index (κ1) is 13.7. The van der Waals surface area contributed by atoms with Crippen molar-refractivity contribution in [2.24, 2.45) is 0 Å². The normalized spacial score (nSPS) is 36.9. The highest BCUT2D eigenvalue weighted by Crippen LogP contribution is 2.46. The number of benzene rings is 1. The zero-order chi connectivity index (χ0) is 13.6. The molecule has 0 spiro atoms. The molecule has 0 aliphatic carbocycles. The predicted molar refractivity (Wildman–Crippen MR) is 74.4 cm³/mol. The summed E-state index contributed by atoms with van der Waals surface area (Å²) >= 11 is 0. The molecule has 0 radical (unpaired) electrons. The topological polar surface area (TPSA) is 60.7 Å². The number of hydrogen-bond acceptors (Lipinski definition) is 3. The molecule has 4 heteroatoms. The molecule has 18 heavy (non-hydrogen) atoms. The van der Waals surface area contributed by atoms with Gasteiger partial charge in [0, 0.05) is 0 Å². The van der Waals surface area contributed by atoms with Crippen molar-refractivity contribution >= 4 is 13.3 Å². The van der Waals surface area contributed by atoms with E-state index in [1.54, 1.807) is 0 Å². The average molecular weight is 266 g/mol. The minimum atomic E-state index is -2.38. The fraction of sp³-hybridized carbons (Fsp3) is 0.571. The Morgan fingerprint density at radius 3 is 2.00 bits per heavy atom. The number of aliphatic hydroxyl groups is 3. The van der Waals surface area contributed by atoms with E-state index in [-0.39, 0.29) is 5.04 Å². The SMILES string of the molecule is CC(C)(C)[Si@@]1(c2ccccc2)C[C@@H](O)[C@@H](O)[C@@H]1O. The Hall–Kier alpha value is -0.683. The third-order valence-electron chi connectivity index (χ3n) is 4.38. The summed E-state index contributed by atoms with van der Waals surface area (Å²) < 4.78 is 0. The van der Waals surface area contributed by atoms with Gasteiger partial charge in [-0.3, -0.25) is 0 Å². The van der Waals surface area contributed by atoms with E-state index in [0.29, 0.717) is 6.04 Å². The lowest BCUT2D eigenvalue weighted by Gasteiger charge is -2.43. The zero-order valence-corrected chi connectivity index (χ0v) is 12.2. The van der Waals surface area contributed by atoms with Gasteiger partial charge < -0.3 is 15.3 Å². The summed E-state index contributed by atoms with van der Waals surface area (Å²) in [6, 6.07) is 10.4. The molecular weight excluding hydrogens is 244 g/mol. The van der Waals surface area contributed by atoms with Crippen molar-refractivity contribution in [3.63, 3.8) is 0 Å². The van der Waals surface area contributed by atoms with Crippen molar-refractivity contribution in [3.05, 3.63) is 30.3 Å². The van der Waals surface area contributed by atoms with Crippen molar-refractivity contribution < 1.29 is 15.3 Å². The van der Waals surface area contributed by atoms with Crippen molar-refractivity contribution in [2.45, 2.75) is 49.8 Å². The molecule has 0 saturated carbocycles. The summed E-state index contributed by atoms with van der Waals surface area (Å²) in [4.78, 5) is 0. The molecule has 1 aromatic rings. The van der Waals surface area contributed by atoms with E-state index in [2.05, 4.69) is 20.8 Å². The Labute approximate surface area is 109 Å². The Bertz CT molecular complexity index is 415. The summed E-state index contributed by atoms with van der Waals surface area (Å²) in [5, 5.41) is 31.4. The lowest BCUT2D eigenvalue weighted by Crippen LogP contribution is -2.62. The lowest BCUT2D eigenvalue weighted by molar-refractivity contribution is -0.00757. The molecule has 4 atom stereocenters. The van der Waals surface area contributed by atoms with Crippen molar-refractivity contribution in [1.82, 2.24) is 0 Å². The molecule has 3 N–H and O–H groups in total. The van der Waals surface area contributed by atoms with Gasteiger partial charge in [0.1, 0.15) is 14.2 Å². The van der Waals surface area contributed by atoms with Crippen LogP contribution in [-0.4, -0.2) is 41.3 Å². The number of hydrogen-bond donors (Lipinski definition) is 3. The monoisotopic (exact) mass is 266 g/mol. The van der Waals surface area contributed by atoms with Crippen LogP contribution >= 0.6 is 0 Å². The van der Waals surface area contributed by atoms with Crippen LogP contribution in [0, 0.1) is 0 Å². The Morgan fingerprint density at radius 2 is 1.61 bits per heavy atom. The molecule has 100 valence electrons. The molecule has 0 amide bonds. The van der Waals surface area contributed by atoms with Crippen molar-refractivity contribution in [3.8, 4) is 0 Å². The fourth-order valence-corrected chi connectivity index (χ4v) is 8.96. The van der Waals surface area contributed by atoms with Crippen LogP contribution in [0.2, 0.25) is 11.1 Å². The molecule has 3 nitrogen and oxygen atoms in total. The minimum Gasteiger partial charge on any atom is -0.393 e. The van der Waals surface area contributed by atoms with Gasteiger partial charge in [-0.1, -0.05) is 56.3 Å². The van der Waals surface area contributed by atoms with Crippen molar-refractivity contribution in [1.29, 1.82) is 0 Å². The van der Waals surface area contributed by atoms with Gasteiger partial charge in [0.2, 0.25) is 0 Å². The Morgan fingerprint density at radius 1 is 1.06 bits per heavy atom. The van der Waals surface area contributed by atoms with Gasteiger partial charge >= 0.3 is 0 Å². The van der Waals surface area contributed by atoms with Crippen LogP contribution in [-0.2, 0) is 0 Å². The first-order valence-electron chi connectivity index (χ1n) is 6.40. The summed E-state index contributed by atoms with van der Waals surface area (Å²) in [7, 11) is -2.38. The van der Waals surface area contributed by atoms with E-state index in [9.17, 15) is 15.3 Å². The van der Waals surface area contributed by atoms with Crippen LogP contribution in [0.25, 0.3) is 0 Å². The van der Waals surface area contributed by atoms with Crippen molar-refractivity contribution in [2.75, 3.05) is 0 Å². The van der Waals surface area contributed by atoms with Crippen LogP contribution in [0.4, 0.5) is 0 Å². The third kappa shape index (κ3) is 1.84. The van der Waals surface area contributed by atoms with E-state index in [1.807, 2.05) is 30.3 Å². The second-order valence-corrected chi connectivity index (χ2v) is 11.3. The highest BCUT2D eigenvalue weighted by atomic mass is 28.3. The first-order valence-corrected chi connectivity index (χ1v) is 8.69. The fourth-order valence-electron chi connectivity index (χ4n) is 3.28. The summed E-state index contributed by atoms with van der Waals surface area (Å²) in [5.74, 6) is 0. The van der Waals surface area contributed by atoms with Crippen LogP contribution in [0.3, 0.4) is 0 Å². The van der Waals surface area contributed by atoms with Crippen LogP contribution in [0.1, 0.15) is 20.8 Å². The molecule has 0 unspecified atom stereocenters. The summed E-state index contributed by atoms with van der Waals surface area (Å²) in [6.45, 7) is 6.29. The van der Waals surface area contributed by atoms with Gasteiger partial charge in [-0.15, -0.1) is 0 Å². The minimum absolute atomic E-state index is 0.119. The maximum atomic E-state index is 10.5. The van der Waals surface area contributed by atoms with Gasteiger partial charge in [-0.05, 0) is 11.1 Å². The number of aliphatic hydroxyl groups excluding tert-OH is 3. The molecule has 1 heterocycles.